The maximum Gasteiger partial charge on any atom is 0.227 e. The van der Waals surface area contributed by atoms with Crippen LogP contribution in [0.3, 0.4) is 0 Å². The monoisotopic (exact) mass is 409 g/mol. The second kappa shape index (κ2) is 9.18. The molecule has 3 rings (SSSR count). The molecule has 29 heavy (non-hydrogen) atoms. The Balaban J connectivity index is 1.76. The van der Waals surface area contributed by atoms with Crippen LogP contribution in [0, 0.1) is 5.92 Å². The molecule has 0 aliphatic carbocycles. The maximum atomic E-state index is 11.9. The van der Waals surface area contributed by atoms with E-state index in [2.05, 4.69) is 41.6 Å². The number of carbonyl (C=O) groups is 1. The third-order valence-corrected chi connectivity index (χ3v) is 5.01. The molecular weight excluding hydrogens is 382 g/mol. The maximum absolute atomic E-state index is 11.9. The summed E-state index contributed by atoms with van der Waals surface area (Å²) in [6.07, 6.45) is 1.51. The van der Waals surface area contributed by atoms with Gasteiger partial charge in [0.15, 0.2) is 10.7 Å². The standard InChI is InChI=1S/C23H27N3O2S/c1-5-15(4)16-9-10-20-19(13-16)25-22(28-20)17-7-6-8-18(12-17)24-23(29)26-21(27)11-14(2)3/h6-10,12-15H,5,11H2,1-4H3,(H2,24,26,27,29). The number of oxazole rings is 1. The Bertz CT molecular complexity index is 1030. The fraction of sp³-hybridized carbons (Fsp3) is 0.348. The van der Waals surface area contributed by atoms with Crippen LogP contribution in [-0.4, -0.2) is 16.0 Å². The van der Waals surface area contributed by atoms with Gasteiger partial charge < -0.3 is 15.1 Å². The lowest BCUT2D eigenvalue weighted by Gasteiger charge is -2.11. The van der Waals surface area contributed by atoms with E-state index < -0.39 is 0 Å². The van der Waals surface area contributed by atoms with Gasteiger partial charge in [-0.05, 0) is 66.4 Å². The largest absolute Gasteiger partial charge is 0.436 e. The molecule has 152 valence electrons. The van der Waals surface area contributed by atoms with Crippen LogP contribution in [0.15, 0.2) is 46.9 Å². The normalized spacial score (nSPS) is 12.2. The van der Waals surface area contributed by atoms with Crippen LogP contribution in [-0.2, 0) is 4.79 Å². The smallest absolute Gasteiger partial charge is 0.227 e. The highest BCUT2D eigenvalue weighted by Crippen LogP contribution is 2.29. The molecule has 1 unspecified atom stereocenters. The summed E-state index contributed by atoms with van der Waals surface area (Å²) in [7, 11) is 0. The van der Waals surface area contributed by atoms with Gasteiger partial charge in [-0.2, -0.15) is 0 Å². The number of thiocarbonyl (C=S) groups is 1. The third-order valence-electron chi connectivity index (χ3n) is 4.81. The zero-order chi connectivity index (χ0) is 21.0. The SMILES string of the molecule is CCC(C)c1ccc2oc(-c3cccc(NC(=S)NC(=O)CC(C)C)c3)nc2c1. The van der Waals surface area contributed by atoms with Crippen LogP contribution in [0.25, 0.3) is 22.6 Å². The predicted molar refractivity (Wildman–Crippen MR) is 122 cm³/mol. The molecule has 0 saturated heterocycles. The van der Waals surface area contributed by atoms with Crippen LogP contribution in [0.5, 0.6) is 0 Å². The van der Waals surface area contributed by atoms with Crippen LogP contribution in [0.2, 0.25) is 0 Å². The van der Waals surface area contributed by atoms with Crippen molar-refractivity contribution in [1.82, 2.24) is 10.3 Å². The molecule has 0 spiro atoms. The quantitative estimate of drug-likeness (QED) is 0.499. The fourth-order valence-corrected chi connectivity index (χ4v) is 3.28. The van der Waals surface area contributed by atoms with Crippen molar-refractivity contribution in [1.29, 1.82) is 0 Å². The molecule has 1 atom stereocenters. The summed E-state index contributed by atoms with van der Waals surface area (Å²) < 4.78 is 5.95. The molecule has 3 aromatic rings. The van der Waals surface area contributed by atoms with Gasteiger partial charge in [-0.3, -0.25) is 4.79 Å². The number of fused-ring (bicyclic) bond motifs is 1. The van der Waals surface area contributed by atoms with E-state index in [4.69, 9.17) is 16.6 Å². The molecule has 0 aliphatic heterocycles. The summed E-state index contributed by atoms with van der Waals surface area (Å²) in [6.45, 7) is 8.37. The number of nitrogens with zero attached hydrogens (tertiary/aromatic N) is 1. The number of amides is 1. The molecule has 1 aromatic heterocycles. The van der Waals surface area contributed by atoms with E-state index in [1.165, 1.54) is 5.56 Å². The Kier molecular flexibility index (Phi) is 6.64. The molecule has 2 aromatic carbocycles. The first-order chi connectivity index (χ1) is 13.9. The van der Waals surface area contributed by atoms with Gasteiger partial charge in [0.25, 0.3) is 0 Å². The first-order valence-electron chi connectivity index (χ1n) is 9.97. The summed E-state index contributed by atoms with van der Waals surface area (Å²) >= 11 is 5.25. The minimum Gasteiger partial charge on any atom is -0.436 e. The topological polar surface area (TPSA) is 67.2 Å². The van der Waals surface area contributed by atoms with Crippen LogP contribution in [0.4, 0.5) is 5.69 Å². The van der Waals surface area contributed by atoms with Gasteiger partial charge in [-0.15, -0.1) is 0 Å². The lowest BCUT2D eigenvalue weighted by atomic mass is 9.98. The van der Waals surface area contributed by atoms with E-state index in [9.17, 15) is 4.79 Å². The molecule has 1 amide bonds. The van der Waals surface area contributed by atoms with Crippen molar-refractivity contribution in [2.24, 2.45) is 5.92 Å². The third kappa shape index (κ3) is 5.41. The Morgan fingerprint density at radius 3 is 2.69 bits per heavy atom. The molecule has 0 aliphatic rings. The number of nitrogens with one attached hydrogen (secondary N) is 2. The van der Waals surface area contributed by atoms with E-state index in [-0.39, 0.29) is 16.9 Å². The Morgan fingerprint density at radius 1 is 1.17 bits per heavy atom. The molecule has 0 fully saturated rings. The highest BCUT2D eigenvalue weighted by molar-refractivity contribution is 7.80. The number of rotatable bonds is 6. The number of anilines is 1. The van der Waals surface area contributed by atoms with Crippen molar-refractivity contribution in [3.63, 3.8) is 0 Å². The number of aromatic nitrogens is 1. The van der Waals surface area contributed by atoms with Gasteiger partial charge in [-0.25, -0.2) is 4.98 Å². The van der Waals surface area contributed by atoms with Crippen molar-refractivity contribution >= 4 is 40.0 Å². The van der Waals surface area contributed by atoms with Crippen molar-refractivity contribution in [2.45, 2.75) is 46.5 Å². The predicted octanol–water partition coefficient (Wildman–Crippen LogP) is 5.87. The molecule has 0 bridgehead atoms. The van der Waals surface area contributed by atoms with Crippen molar-refractivity contribution in [3.05, 3.63) is 48.0 Å². The van der Waals surface area contributed by atoms with E-state index >= 15 is 0 Å². The molecule has 1 heterocycles. The minimum absolute atomic E-state index is 0.0929. The molecule has 0 saturated carbocycles. The van der Waals surface area contributed by atoms with E-state index in [1.807, 2.05) is 44.2 Å². The first-order valence-corrected chi connectivity index (χ1v) is 10.4. The second-order valence-corrected chi connectivity index (χ2v) is 8.14. The Hall–Kier alpha value is -2.73. The number of carbonyl (C=O) groups excluding carboxylic acids is 1. The summed E-state index contributed by atoms with van der Waals surface area (Å²) in [4.78, 5) is 16.5. The van der Waals surface area contributed by atoms with Crippen molar-refractivity contribution in [2.75, 3.05) is 5.32 Å². The zero-order valence-corrected chi connectivity index (χ0v) is 18.1. The Labute approximate surface area is 176 Å². The van der Waals surface area contributed by atoms with Crippen molar-refractivity contribution < 1.29 is 9.21 Å². The van der Waals surface area contributed by atoms with Gasteiger partial charge >= 0.3 is 0 Å². The van der Waals surface area contributed by atoms with Gasteiger partial charge in [0, 0.05) is 17.7 Å². The van der Waals surface area contributed by atoms with E-state index in [0.717, 1.165) is 28.8 Å². The highest BCUT2D eigenvalue weighted by Gasteiger charge is 2.12. The van der Waals surface area contributed by atoms with Gasteiger partial charge in [0.1, 0.15) is 5.52 Å². The van der Waals surface area contributed by atoms with E-state index in [1.54, 1.807) is 0 Å². The summed E-state index contributed by atoms with van der Waals surface area (Å²) in [5.41, 5.74) is 4.49. The van der Waals surface area contributed by atoms with E-state index in [0.29, 0.717) is 18.2 Å². The summed E-state index contributed by atoms with van der Waals surface area (Å²) in [5.74, 6) is 1.23. The summed E-state index contributed by atoms with van der Waals surface area (Å²) in [5, 5.41) is 6.04. The number of hydrogen-bond acceptors (Lipinski definition) is 4. The second-order valence-electron chi connectivity index (χ2n) is 7.74. The average Bonchev–Trinajstić information content (AvgIpc) is 3.10. The fourth-order valence-electron chi connectivity index (χ4n) is 3.05. The average molecular weight is 410 g/mol. The molecule has 2 N–H and O–H groups in total. The molecule has 6 heteroatoms. The first kappa shape index (κ1) is 21.0. The summed E-state index contributed by atoms with van der Waals surface area (Å²) in [6, 6.07) is 13.8. The minimum atomic E-state index is -0.0929. The van der Waals surface area contributed by atoms with Gasteiger partial charge in [0.2, 0.25) is 11.8 Å². The molecule has 0 radical (unpaired) electrons. The lowest BCUT2D eigenvalue weighted by Crippen LogP contribution is -2.34. The van der Waals surface area contributed by atoms with Gasteiger partial charge in [-0.1, -0.05) is 39.8 Å². The van der Waals surface area contributed by atoms with Crippen LogP contribution < -0.4 is 10.6 Å². The number of hydrogen-bond donors (Lipinski definition) is 2. The van der Waals surface area contributed by atoms with Gasteiger partial charge in [0.05, 0.1) is 0 Å². The number of benzene rings is 2. The zero-order valence-electron chi connectivity index (χ0n) is 17.3. The molecular formula is C23H27N3O2S. The Morgan fingerprint density at radius 2 is 1.97 bits per heavy atom. The van der Waals surface area contributed by atoms with Crippen LogP contribution in [0.1, 0.15) is 52.0 Å². The highest BCUT2D eigenvalue weighted by atomic mass is 32.1. The lowest BCUT2D eigenvalue weighted by molar-refractivity contribution is -0.120. The molecule has 5 nitrogen and oxygen atoms in total. The van der Waals surface area contributed by atoms with Crippen molar-refractivity contribution in [3.8, 4) is 11.5 Å². The van der Waals surface area contributed by atoms with Crippen LogP contribution >= 0.6 is 12.2 Å².